The Labute approximate surface area is 139 Å². The first-order valence-electron chi connectivity index (χ1n) is 7.35. The number of carbonyl (C=O) groups is 1. The zero-order chi connectivity index (χ0) is 15.7. The molecule has 1 aliphatic rings. The van der Waals surface area contributed by atoms with Gasteiger partial charge in [-0.25, -0.2) is 0 Å². The van der Waals surface area contributed by atoms with Gasteiger partial charge in [-0.2, -0.15) is 0 Å². The highest BCUT2D eigenvalue weighted by atomic mass is 79.9. The molecule has 3 nitrogen and oxygen atoms in total. The maximum Gasteiger partial charge on any atom is 0.182 e. The van der Waals surface area contributed by atoms with E-state index in [-0.39, 0.29) is 11.3 Å². The molecule has 0 fully saturated rings. The molecule has 4 heteroatoms. The highest BCUT2D eigenvalue weighted by Gasteiger charge is 2.30. The largest absolute Gasteiger partial charge is 0.377 e. The van der Waals surface area contributed by atoms with Crippen LogP contribution in [-0.4, -0.2) is 24.4 Å². The Hall–Kier alpha value is -1.81. The van der Waals surface area contributed by atoms with E-state index in [0.29, 0.717) is 6.54 Å². The van der Waals surface area contributed by atoms with Crippen LogP contribution in [0.15, 0.2) is 53.0 Å². The van der Waals surface area contributed by atoms with Crippen LogP contribution < -0.4 is 10.2 Å². The number of carbonyl (C=O) groups excluding carboxylic acids is 1. The summed E-state index contributed by atoms with van der Waals surface area (Å²) >= 11 is 3.40. The van der Waals surface area contributed by atoms with Crippen molar-refractivity contribution in [3.05, 3.63) is 58.6 Å². The molecule has 0 spiro atoms. The van der Waals surface area contributed by atoms with Gasteiger partial charge in [0.25, 0.3) is 0 Å². The molecule has 0 aromatic heterocycles. The van der Waals surface area contributed by atoms with Crippen molar-refractivity contribution in [2.24, 2.45) is 0 Å². The van der Waals surface area contributed by atoms with Crippen molar-refractivity contribution in [2.45, 2.75) is 19.4 Å². The zero-order valence-corrected chi connectivity index (χ0v) is 14.4. The normalized spacial score (nSPS) is 15.9. The number of hydrogen-bond acceptors (Lipinski definition) is 3. The molecule has 0 saturated heterocycles. The summed E-state index contributed by atoms with van der Waals surface area (Å²) in [5.74, 6) is 0.139. The van der Waals surface area contributed by atoms with Crippen molar-refractivity contribution < 1.29 is 4.79 Å². The molecule has 1 aliphatic heterocycles. The maximum atomic E-state index is 12.6. The third-order valence-corrected chi connectivity index (χ3v) is 4.33. The summed E-state index contributed by atoms with van der Waals surface area (Å²) in [6.45, 7) is 5.50. The molecular formula is C18H19BrN2O. The fourth-order valence-electron chi connectivity index (χ4n) is 2.86. The van der Waals surface area contributed by atoms with Crippen LogP contribution in [0, 0.1) is 0 Å². The second kappa shape index (κ2) is 5.76. The van der Waals surface area contributed by atoms with Gasteiger partial charge >= 0.3 is 0 Å². The molecule has 0 atom stereocenters. The summed E-state index contributed by atoms with van der Waals surface area (Å²) in [5.41, 5.74) is 2.86. The number of nitrogens with zero attached hydrogens (tertiary/aromatic N) is 1. The van der Waals surface area contributed by atoms with Gasteiger partial charge in [0.1, 0.15) is 0 Å². The van der Waals surface area contributed by atoms with Crippen LogP contribution in [0.1, 0.15) is 24.2 Å². The molecule has 2 aromatic rings. The predicted molar refractivity (Wildman–Crippen MR) is 94.8 cm³/mol. The predicted octanol–water partition coefficient (Wildman–Crippen LogP) is 4.34. The minimum absolute atomic E-state index is 0.0612. The number of Topliss-reactive ketones (excluding diaryl/α,β-unsaturated/α-hetero) is 1. The van der Waals surface area contributed by atoms with Crippen LogP contribution in [0.25, 0.3) is 0 Å². The van der Waals surface area contributed by atoms with Crippen LogP contribution in [0.2, 0.25) is 0 Å². The molecule has 1 heterocycles. The van der Waals surface area contributed by atoms with Gasteiger partial charge in [-0.05, 0) is 38.1 Å². The Balaban J connectivity index is 1.85. The lowest BCUT2D eigenvalue weighted by Crippen LogP contribution is -2.50. The highest BCUT2D eigenvalue weighted by Crippen LogP contribution is 2.34. The number of halogens is 1. The van der Waals surface area contributed by atoms with E-state index in [1.807, 2.05) is 36.4 Å². The Kier molecular flexibility index (Phi) is 3.96. The lowest BCUT2D eigenvalue weighted by atomic mass is 9.98. The quantitative estimate of drug-likeness (QED) is 0.828. The van der Waals surface area contributed by atoms with Gasteiger partial charge in [0.2, 0.25) is 0 Å². The van der Waals surface area contributed by atoms with Crippen LogP contribution in [0.4, 0.5) is 11.4 Å². The molecule has 0 amide bonds. The molecule has 2 aromatic carbocycles. The van der Waals surface area contributed by atoms with E-state index in [2.05, 4.69) is 52.1 Å². The van der Waals surface area contributed by atoms with Gasteiger partial charge in [0.15, 0.2) is 5.78 Å². The average molecular weight is 359 g/mol. The topological polar surface area (TPSA) is 32.3 Å². The number of hydrogen-bond donors (Lipinski definition) is 1. The number of nitrogens with one attached hydrogen (secondary N) is 1. The monoisotopic (exact) mass is 358 g/mol. The number of rotatable bonds is 3. The fraction of sp³-hybridized carbons (Fsp3) is 0.278. The van der Waals surface area contributed by atoms with Crippen molar-refractivity contribution in [3.8, 4) is 0 Å². The molecule has 1 N–H and O–H groups in total. The van der Waals surface area contributed by atoms with Gasteiger partial charge in [-0.3, -0.25) is 4.79 Å². The lowest BCUT2D eigenvalue weighted by molar-refractivity contribution is 0.0998. The minimum atomic E-state index is -0.0612. The Bertz CT molecular complexity index is 694. The third-order valence-electron chi connectivity index (χ3n) is 3.80. The van der Waals surface area contributed by atoms with Crippen LogP contribution in [0.5, 0.6) is 0 Å². The SMILES string of the molecule is CC1(C)CN(CC(=O)c2ccc(Br)cc2)c2ccccc2N1. The first-order valence-corrected chi connectivity index (χ1v) is 8.15. The zero-order valence-electron chi connectivity index (χ0n) is 12.8. The molecular weight excluding hydrogens is 340 g/mol. The number of ketones is 1. The molecule has 3 rings (SSSR count). The summed E-state index contributed by atoms with van der Waals surface area (Å²) in [5, 5.41) is 3.53. The van der Waals surface area contributed by atoms with E-state index in [4.69, 9.17) is 0 Å². The average Bonchev–Trinajstić information content (AvgIpc) is 2.46. The summed E-state index contributed by atoms with van der Waals surface area (Å²) < 4.78 is 0.984. The Morgan fingerprint density at radius 2 is 1.86 bits per heavy atom. The number of anilines is 2. The van der Waals surface area contributed by atoms with E-state index in [0.717, 1.165) is 28.0 Å². The van der Waals surface area contributed by atoms with E-state index in [1.165, 1.54) is 0 Å². The van der Waals surface area contributed by atoms with Crippen molar-refractivity contribution in [1.29, 1.82) is 0 Å². The lowest BCUT2D eigenvalue weighted by Gasteiger charge is -2.41. The van der Waals surface area contributed by atoms with Gasteiger partial charge in [0, 0.05) is 22.1 Å². The molecule has 22 heavy (non-hydrogen) atoms. The van der Waals surface area contributed by atoms with Crippen LogP contribution in [-0.2, 0) is 0 Å². The van der Waals surface area contributed by atoms with Crippen LogP contribution >= 0.6 is 15.9 Å². The van der Waals surface area contributed by atoms with E-state index in [1.54, 1.807) is 0 Å². The van der Waals surface area contributed by atoms with Crippen molar-refractivity contribution in [2.75, 3.05) is 23.3 Å². The second-order valence-corrected chi connectivity index (χ2v) is 7.23. The molecule has 0 aliphatic carbocycles. The van der Waals surface area contributed by atoms with Gasteiger partial charge in [0.05, 0.1) is 17.9 Å². The first-order chi connectivity index (χ1) is 10.4. The number of fused-ring (bicyclic) bond motifs is 1. The molecule has 114 valence electrons. The van der Waals surface area contributed by atoms with Crippen molar-refractivity contribution >= 4 is 33.1 Å². The van der Waals surface area contributed by atoms with Gasteiger partial charge < -0.3 is 10.2 Å². The van der Waals surface area contributed by atoms with Crippen molar-refractivity contribution in [3.63, 3.8) is 0 Å². The Morgan fingerprint density at radius 1 is 1.18 bits per heavy atom. The molecule has 0 bridgehead atoms. The summed E-state index contributed by atoms with van der Waals surface area (Å²) in [6.07, 6.45) is 0. The second-order valence-electron chi connectivity index (χ2n) is 6.31. The molecule has 0 radical (unpaired) electrons. The highest BCUT2D eigenvalue weighted by molar-refractivity contribution is 9.10. The summed E-state index contributed by atoms with van der Waals surface area (Å²) in [6, 6.07) is 15.7. The number of para-hydroxylation sites is 2. The smallest absolute Gasteiger partial charge is 0.182 e. The Morgan fingerprint density at radius 3 is 2.59 bits per heavy atom. The van der Waals surface area contributed by atoms with E-state index >= 15 is 0 Å². The fourth-order valence-corrected chi connectivity index (χ4v) is 3.13. The summed E-state index contributed by atoms with van der Waals surface area (Å²) in [4.78, 5) is 14.7. The number of benzene rings is 2. The van der Waals surface area contributed by atoms with E-state index in [9.17, 15) is 4.79 Å². The first kappa shape index (κ1) is 15.1. The van der Waals surface area contributed by atoms with E-state index < -0.39 is 0 Å². The van der Waals surface area contributed by atoms with Crippen LogP contribution in [0.3, 0.4) is 0 Å². The maximum absolute atomic E-state index is 12.6. The molecule has 0 saturated carbocycles. The standard InChI is InChI=1S/C18H19BrN2O/c1-18(2)12-21(16-6-4-3-5-15(16)20-18)11-17(22)13-7-9-14(19)10-8-13/h3-10,20H,11-12H2,1-2H3. The van der Waals surface area contributed by atoms with Gasteiger partial charge in [-0.15, -0.1) is 0 Å². The van der Waals surface area contributed by atoms with Gasteiger partial charge in [-0.1, -0.05) is 40.2 Å². The minimum Gasteiger partial charge on any atom is -0.377 e. The molecule has 0 unspecified atom stereocenters. The summed E-state index contributed by atoms with van der Waals surface area (Å²) in [7, 11) is 0. The van der Waals surface area contributed by atoms with Crippen molar-refractivity contribution in [1.82, 2.24) is 0 Å². The third kappa shape index (κ3) is 3.17.